The molecule has 1 saturated carbocycles. The van der Waals surface area contributed by atoms with Gasteiger partial charge in [-0.05, 0) is 62.6 Å². The number of rotatable bonds is 7. The maximum atomic E-state index is 12.3. The number of carbonyl (C=O) groups is 1. The number of piperidine rings is 1. The fraction of sp³-hybridized carbons (Fsp3) is 0.684. The highest BCUT2D eigenvalue weighted by molar-refractivity contribution is 5.75. The van der Waals surface area contributed by atoms with Gasteiger partial charge in [-0.25, -0.2) is 4.79 Å². The molecular weight excluding hydrogens is 316 g/mol. The molecular formula is C19H30N4O2. The summed E-state index contributed by atoms with van der Waals surface area (Å²) in [6.45, 7) is 5.00. The van der Waals surface area contributed by atoms with Gasteiger partial charge in [0.05, 0.1) is 12.1 Å². The van der Waals surface area contributed by atoms with Crippen LogP contribution < -0.4 is 10.6 Å². The van der Waals surface area contributed by atoms with E-state index < -0.39 is 5.54 Å². The van der Waals surface area contributed by atoms with Crippen molar-refractivity contribution >= 4 is 6.03 Å². The van der Waals surface area contributed by atoms with Crippen molar-refractivity contribution in [3.8, 4) is 0 Å². The lowest BCUT2D eigenvalue weighted by molar-refractivity contribution is 0.150. The first-order valence-corrected chi connectivity index (χ1v) is 9.40. The maximum absolute atomic E-state index is 12.3. The second-order valence-corrected chi connectivity index (χ2v) is 7.67. The third kappa shape index (κ3) is 5.16. The predicted octanol–water partition coefficient (Wildman–Crippen LogP) is 1.55. The second-order valence-electron chi connectivity index (χ2n) is 7.67. The molecule has 0 aromatic carbocycles. The molecule has 0 bridgehead atoms. The van der Waals surface area contributed by atoms with Crippen LogP contribution in [0.1, 0.15) is 38.2 Å². The molecule has 3 N–H and O–H groups in total. The number of aliphatic hydroxyl groups is 1. The lowest BCUT2D eigenvalue weighted by Gasteiger charge is -2.34. The van der Waals surface area contributed by atoms with Crippen LogP contribution in [0.25, 0.3) is 0 Å². The van der Waals surface area contributed by atoms with Gasteiger partial charge in [-0.1, -0.05) is 0 Å². The molecule has 2 aliphatic rings. The number of nitrogens with zero attached hydrogens (tertiary/aromatic N) is 2. The molecule has 1 saturated heterocycles. The van der Waals surface area contributed by atoms with Gasteiger partial charge in [0.2, 0.25) is 0 Å². The molecule has 2 fully saturated rings. The summed E-state index contributed by atoms with van der Waals surface area (Å²) in [4.78, 5) is 18.8. The summed E-state index contributed by atoms with van der Waals surface area (Å²) in [6.07, 6.45) is 8.85. The summed E-state index contributed by atoms with van der Waals surface area (Å²) >= 11 is 0. The number of amides is 2. The number of urea groups is 1. The Morgan fingerprint density at radius 1 is 1.28 bits per heavy atom. The average molecular weight is 346 g/mol. The van der Waals surface area contributed by atoms with Gasteiger partial charge in [0.25, 0.3) is 0 Å². The van der Waals surface area contributed by atoms with E-state index in [-0.39, 0.29) is 18.7 Å². The van der Waals surface area contributed by atoms with Crippen LogP contribution in [-0.2, 0) is 6.42 Å². The van der Waals surface area contributed by atoms with Gasteiger partial charge < -0.3 is 20.6 Å². The Hall–Kier alpha value is -1.66. The summed E-state index contributed by atoms with van der Waals surface area (Å²) in [7, 11) is 0. The van der Waals surface area contributed by atoms with E-state index in [9.17, 15) is 9.90 Å². The van der Waals surface area contributed by atoms with Gasteiger partial charge in [0, 0.05) is 38.1 Å². The molecule has 2 heterocycles. The van der Waals surface area contributed by atoms with Crippen LogP contribution >= 0.6 is 0 Å². The molecule has 0 radical (unpaired) electrons. The normalized spacial score (nSPS) is 21.5. The Morgan fingerprint density at radius 3 is 2.56 bits per heavy atom. The van der Waals surface area contributed by atoms with Crippen molar-refractivity contribution in [2.24, 2.45) is 5.92 Å². The van der Waals surface area contributed by atoms with Gasteiger partial charge >= 0.3 is 6.03 Å². The molecule has 1 aliphatic heterocycles. The zero-order chi connectivity index (χ0) is 17.7. The summed E-state index contributed by atoms with van der Waals surface area (Å²) in [5.74, 6) is 0.415. The minimum absolute atomic E-state index is 0.00145. The molecule has 1 aliphatic carbocycles. The van der Waals surface area contributed by atoms with Crippen molar-refractivity contribution in [2.75, 3.05) is 26.2 Å². The first-order chi connectivity index (χ1) is 12.1. The lowest BCUT2D eigenvalue weighted by atomic mass is 9.97. The molecule has 2 amide bonds. The molecule has 1 unspecified atom stereocenters. The number of hydrogen-bond donors (Lipinski definition) is 3. The fourth-order valence-electron chi connectivity index (χ4n) is 3.61. The Kier molecular flexibility index (Phi) is 5.91. The summed E-state index contributed by atoms with van der Waals surface area (Å²) in [5.41, 5.74) is 0.841. The maximum Gasteiger partial charge on any atom is 0.315 e. The summed E-state index contributed by atoms with van der Waals surface area (Å²) < 4.78 is 0. The molecule has 6 nitrogen and oxygen atoms in total. The molecule has 1 aromatic heterocycles. The number of hydrogen-bond acceptors (Lipinski definition) is 4. The molecule has 138 valence electrons. The monoisotopic (exact) mass is 346 g/mol. The van der Waals surface area contributed by atoms with Crippen molar-refractivity contribution in [1.82, 2.24) is 20.5 Å². The first-order valence-electron chi connectivity index (χ1n) is 9.40. The van der Waals surface area contributed by atoms with E-state index in [1.807, 2.05) is 19.3 Å². The van der Waals surface area contributed by atoms with Gasteiger partial charge in [0.1, 0.15) is 0 Å². The molecule has 0 spiro atoms. The van der Waals surface area contributed by atoms with Crippen LogP contribution in [0, 0.1) is 5.92 Å². The van der Waals surface area contributed by atoms with Gasteiger partial charge in [-0.3, -0.25) is 4.98 Å². The van der Waals surface area contributed by atoms with Gasteiger partial charge in [0.15, 0.2) is 0 Å². The second kappa shape index (κ2) is 8.15. The Labute approximate surface area is 150 Å². The quantitative estimate of drug-likeness (QED) is 0.700. The number of carbonyl (C=O) groups excluding carboxylic acids is 1. The van der Waals surface area contributed by atoms with Gasteiger partial charge in [-0.2, -0.15) is 0 Å². The van der Waals surface area contributed by atoms with Crippen LogP contribution in [0.3, 0.4) is 0 Å². The molecule has 1 atom stereocenters. The molecule has 6 heteroatoms. The van der Waals surface area contributed by atoms with E-state index >= 15 is 0 Å². The van der Waals surface area contributed by atoms with Crippen LogP contribution in [0.15, 0.2) is 24.5 Å². The van der Waals surface area contributed by atoms with Crippen molar-refractivity contribution in [3.05, 3.63) is 30.1 Å². The highest BCUT2D eigenvalue weighted by Gasteiger charge is 2.42. The largest absolute Gasteiger partial charge is 0.394 e. The van der Waals surface area contributed by atoms with Crippen molar-refractivity contribution in [1.29, 1.82) is 0 Å². The SMILES string of the molecule is CC(CO)(NC(=O)NC1CCN(CCc2ccncc2)CC1)C1CC1. The Bertz CT molecular complexity index is 556. The predicted molar refractivity (Wildman–Crippen MR) is 97.3 cm³/mol. The third-order valence-electron chi connectivity index (χ3n) is 5.59. The summed E-state index contributed by atoms with van der Waals surface area (Å²) in [6, 6.07) is 4.21. The van der Waals surface area contributed by atoms with Crippen LogP contribution in [-0.4, -0.2) is 58.8 Å². The zero-order valence-electron chi connectivity index (χ0n) is 15.1. The number of aromatic nitrogens is 1. The van der Waals surface area contributed by atoms with E-state index in [1.165, 1.54) is 5.56 Å². The van der Waals surface area contributed by atoms with Crippen molar-refractivity contribution in [3.63, 3.8) is 0 Å². The highest BCUT2D eigenvalue weighted by atomic mass is 16.3. The molecule has 25 heavy (non-hydrogen) atoms. The standard InChI is InChI=1S/C19H30N4O2/c1-19(14-24,16-2-3-16)22-18(25)21-17-7-12-23(13-8-17)11-6-15-4-9-20-10-5-15/h4-5,9-10,16-17,24H,2-3,6-8,11-14H2,1H3,(H2,21,22,25). The first kappa shape index (κ1) is 18.1. The van der Waals surface area contributed by atoms with Crippen LogP contribution in [0.4, 0.5) is 4.79 Å². The Balaban J connectivity index is 1.36. The number of pyridine rings is 1. The van der Waals surface area contributed by atoms with E-state index in [1.54, 1.807) is 0 Å². The van der Waals surface area contributed by atoms with Crippen molar-refractivity contribution < 1.29 is 9.90 Å². The van der Waals surface area contributed by atoms with E-state index in [2.05, 4.69) is 32.7 Å². The van der Waals surface area contributed by atoms with Crippen LogP contribution in [0.5, 0.6) is 0 Å². The molecule has 1 aromatic rings. The fourth-order valence-corrected chi connectivity index (χ4v) is 3.61. The minimum atomic E-state index is -0.477. The zero-order valence-corrected chi connectivity index (χ0v) is 15.1. The van der Waals surface area contributed by atoms with E-state index in [0.29, 0.717) is 5.92 Å². The number of likely N-dealkylation sites (tertiary alicyclic amines) is 1. The Morgan fingerprint density at radius 2 is 1.96 bits per heavy atom. The van der Waals surface area contributed by atoms with E-state index in [0.717, 1.165) is 51.7 Å². The smallest absolute Gasteiger partial charge is 0.315 e. The van der Waals surface area contributed by atoms with Crippen LogP contribution in [0.2, 0.25) is 0 Å². The third-order valence-corrected chi connectivity index (χ3v) is 5.59. The topological polar surface area (TPSA) is 77.5 Å². The molecule has 3 rings (SSSR count). The van der Waals surface area contributed by atoms with Gasteiger partial charge in [-0.15, -0.1) is 0 Å². The number of aliphatic hydroxyl groups excluding tert-OH is 1. The summed E-state index contributed by atoms with van der Waals surface area (Å²) in [5, 5.41) is 15.7. The lowest BCUT2D eigenvalue weighted by Crippen LogP contribution is -2.56. The number of nitrogens with one attached hydrogen (secondary N) is 2. The van der Waals surface area contributed by atoms with E-state index in [4.69, 9.17) is 0 Å². The minimum Gasteiger partial charge on any atom is -0.394 e. The highest BCUT2D eigenvalue weighted by Crippen LogP contribution is 2.39. The van der Waals surface area contributed by atoms with Crippen molar-refractivity contribution in [2.45, 2.75) is 50.6 Å². The average Bonchev–Trinajstić information content (AvgIpc) is 3.47.